The molecule has 0 saturated carbocycles. The number of hydrogen-bond donors (Lipinski definition) is 1. The topological polar surface area (TPSA) is 83.9 Å². The molecule has 0 saturated heterocycles. The molecule has 31 heavy (non-hydrogen) atoms. The highest BCUT2D eigenvalue weighted by Gasteiger charge is 2.34. The van der Waals surface area contributed by atoms with Gasteiger partial charge in [0.2, 0.25) is 0 Å². The van der Waals surface area contributed by atoms with Crippen molar-refractivity contribution >= 4 is 45.0 Å². The van der Waals surface area contributed by atoms with Gasteiger partial charge in [0, 0.05) is 15.6 Å². The molecule has 0 aliphatic rings. The van der Waals surface area contributed by atoms with E-state index in [9.17, 15) is 18.3 Å². The normalized spacial score (nSPS) is 13.0. The summed E-state index contributed by atoms with van der Waals surface area (Å²) >= 11 is 12.0. The summed E-state index contributed by atoms with van der Waals surface area (Å²) in [5, 5.41) is 10.5. The molecule has 2 aromatic carbocycles. The van der Waals surface area contributed by atoms with E-state index in [1.165, 1.54) is 30.3 Å². The Morgan fingerprint density at radius 3 is 2.26 bits per heavy atom. The lowest BCUT2D eigenvalue weighted by molar-refractivity contribution is -0.815. The van der Waals surface area contributed by atoms with Crippen molar-refractivity contribution in [3.05, 3.63) is 58.1 Å². The van der Waals surface area contributed by atoms with Gasteiger partial charge in [-0.05, 0) is 50.2 Å². The van der Waals surface area contributed by atoms with Crippen LogP contribution in [0, 0.1) is 0 Å². The van der Waals surface area contributed by atoms with Crippen LogP contribution in [-0.4, -0.2) is 57.4 Å². The van der Waals surface area contributed by atoms with Crippen LogP contribution in [0.1, 0.15) is 19.4 Å². The van der Waals surface area contributed by atoms with Gasteiger partial charge in [0.1, 0.15) is 6.61 Å². The minimum Gasteiger partial charge on any atom is -0.418 e. The second kappa shape index (κ2) is 10.2. The van der Waals surface area contributed by atoms with E-state index in [0.717, 1.165) is 4.31 Å². The van der Waals surface area contributed by atoms with Crippen molar-refractivity contribution in [2.24, 2.45) is 0 Å². The van der Waals surface area contributed by atoms with Crippen LogP contribution in [0.4, 0.5) is 10.5 Å². The molecular weight excluding hydrogens is 463 g/mol. The van der Waals surface area contributed by atoms with Crippen LogP contribution in [0.5, 0.6) is 0 Å². The lowest BCUT2D eigenvalue weighted by atomic mass is 10.1. The summed E-state index contributed by atoms with van der Waals surface area (Å²) in [6.07, 6.45) is -0.480. The Morgan fingerprint density at radius 1 is 1.13 bits per heavy atom. The van der Waals surface area contributed by atoms with Gasteiger partial charge >= 0.3 is 6.09 Å². The summed E-state index contributed by atoms with van der Waals surface area (Å²) in [6.45, 7) is 3.40. The lowest BCUT2D eigenvalue weighted by Crippen LogP contribution is -2.48. The lowest BCUT2D eigenvalue weighted by Gasteiger charge is -2.32. The summed E-state index contributed by atoms with van der Waals surface area (Å²) in [4.78, 5) is 12.4. The first-order chi connectivity index (χ1) is 14.4. The molecule has 0 unspecified atom stereocenters. The zero-order chi connectivity index (χ0) is 23.4. The van der Waals surface area contributed by atoms with Crippen molar-refractivity contribution in [3.63, 3.8) is 0 Å². The standard InChI is InChI=1S/C21H27Cl2N2O5S/c1-5-25(3,4)21(27)30-14-15(2)24(20-12-18(23)7-6-16(20)13-26)31(28,29)19-10-8-17(22)9-11-19/h6-12,15,26H,5,13-14H2,1-4H3/q+1/t15-/m1/s1. The van der Waals surface area contributed by atoms with Crippen molar-refractivity contribution in [2.45, 2.75) is 31.4 Å². The maximum atomic E-state index is 13.6. The van der Waals surface area contributed by atoms with E-state index in [4.69, 9.17) is 27.9 Å². The molecule has 1 atom stereocenters. The molecule has 0 heterocycles. The molecule has 2 aromatic rings. The van der Waals surface area contributed by atoms with Crippen molar-refractivity contribution < 1.29 is 27.5 Å². The third-order valence-corrected chi connectivity index (χ3v) is 7.39. The number of aliphatic hydroxyl groups excluding tert-OH is 1. The molecule has 0 aliphatic heterocycles. The smallest absolute Gasteiger partial charge is 0.418 e. The van der Waals surface area contributed by atoms with Gasteiger partial charge in [-0.25, -0.2) is 12.9 Å². The Hall–Kier alpha value is -1.84. The molecule has 0 spiro atoms. The fraction of sp³-hybridized carbons (Fsp3) is 0.381. The molecule has 170 valence electrons. The molecule has 1 N–H and O–H groups in total. The SMILES string of the molecule is CC[N+](C)(C)C(=O)OC[C@@H](C)N(c1cc(Cl)ccc1CO)S(=O)(=O)c1ccc(Cl)cc1. The van der Waals surface area contributed by atoms with E-state index < -0.39 is 28.8 Å². The monoisotopic (exact) mass is 489 g/mol. The molecule has 0 aliphatic carbocycles. The number of nitrogens with zero attached hydrogens (tertiary/aromatic N) is 2. The van der Waals surface area contributed by atoms with Gasteiger partial charge in [0.05, 0.1) is 43.9 Å². The second-order valence-corrected chi connectivity index (χ2v) is 10.3. The Balaban J connectivity index is 2.52. The number of carbonyl (C=O) groups is 1. The predicted molar refractivity (Wildman–Crippen MR) is 122 cm³/mol. The quantitative estimate of drug-likeness (QED) is 0.558. The number of sulfonamides is 1. The minimum atomic E-state index is -4.10. The number of halogens is 2. The molecule has 0 radical (unpaired) electrons. The van der Waals surface area contributed by atoms with Gasteiger partial charge in [0.25, 0.3) is 10.0 Å². The highest BCUT2D eigenvalue weighted by molar-refractivity contribution is 7.92. The van der Waals surface area contributed by atoms with E-state index in [2.05, 4.69) is 0 Å². The van der Waals surface area contributed by atoms with Crippen LogP contribution >= 0.6 is 23.2 Å². The Bertz CT molecular complexity index is 1030. The Labute approximate surface area is 193 Å². The van der Waals surface area contributed by atoms with E-state index in [0.29, 0.717) is 22.2 Å². The zero-order valence-corrected chi connectivity index (χ0v) is 20.2. The number of aliphatic hydroxyl groups is 1. The maximum absolute atomic E-state index is 13.6. The van der Waals surface area contributed by atoms with Gasteiger partial charge in [0.15, 0.2) is 0 Å². The highest BCUT2D eigenvalue weighted by atomic mass is 35.5. The summed E-state index contributed by atoms with van der Waals surface area (Å²) in [6, 6.07) is 9.53. The fourth-order valence-corrected chi connectivity index (χ4v) is 4.73. The average Bonchev–Trinajstić information content (AvgIpc) is 2.72. The molecule has 2 rings (SSSR count). The highest BCUT2D eigenvalue weighted by Crippen LogP contribution is 2.32. The Morgan fingerprint density at radius 2 is 1.71 bits per heavy atom. The number of rotatable bonds is 8. The van der Waals surface area contributed by atoms with Crippen LogP contribution < -0.4 is 4.31 Å². The number of amides is 1. The molecule has 0 aromatic heterocycles. The molecule has 0 fully saturated rings. The van der Waals surface area contributed by atoms with Crippen LogP contribution in [-0.2, 0) is 21.4 Å². The van der Waals surface area contributed by atoms with E-state index in [1.54, 1.807) is 33.2 Å². The van der Waals surface area contributed by atoms with Gasteiger partial charge in [-0.1, -0.05) is 29.3 Å². The third kappa shape index (κ3) is 5.90. The van der Waals surface area contributed by atoms with Crippen LogP contribution in [0.25, 0.3) is 0 Å². The average molecular weight is 490 g/mol. The number of hydrogen-bond acceptors (Lipinski definition) is 5. The number of ether oxygens (including phenoxy) is 1. The van der Waals surface area contributed by atoms with E-state index in [1.807, 2.05) is 6.92 Å². The van der Waals surface area contributed by atoms with Gasteiger partial charge in [-0.3, -0.25) is 4.31 Å². The van der Waals surface area contributed by atoms with E-state index in [-0.39, 0.29) is 21.7 Å². The summed E-state index contributed by atoms with van der Waals surface area (Å²) in [5.74, 6) is 0. The minimum absolute atomic E-state index is 0.00334. The summed E-state index contributed by atoms with van der Waals surface area (Å²) < 4.78 is 33.7. The van der Waals surface area contributed by atoms with Crippen molar-refractivity contribution in [1.29, 1.82) is 0 Å². The molecular formula is C21H27Cl2N2O5S+. The largest absolute Gasteiger partial charge is 0.515 e. The number of anilines is 1. The molecule has 7 nitrogen and oxygen atoms in total. The Kier molecular flexibility index (Phi) is 8.35. The maximum Gasteiger partial charge on any atom is 0.515 e. The number of quaternary nitrogens is 1. The van der Waals surface area contributed by atoms with Crippen molar-refractivity contribution in [2.75, 3.05) is 31.6 Å². The van der Waals surface area contributed by atoms with Gasteiger partial charge in [-0.15, -0.1) is 0 Å². The third-order valence-electron chi connectivity index (χ3n) is 4.96. The van der Waals surface area contributed by atoms with Crippen molar-refractivity contribution in [1.82, 2.24) is 0 Å². The van der Waals surface area contributed by atoms with Crippen molar-refractivity contribution in [3.8, 4) is 0 Å². The first-order valence-corrected chi connectivity index (χ1v) is 11.8. The fourth-order valence-electron chi connectivity index (χ4n) is 2.76. The zero-order valence-electron chi connectivity index (χ0n) is 17.9. The summed E-state index contributed by atoms with van der Waals surface area (Å²) in [7, 11) is -0.691. The number of benzene rings is 2. The summed E-state index contributed by atoms with van der Waals surface area (Å²) in [5.41, 5.74) is 0.572. The molecule has 1 amide bonds. The van der Waals surface area contributed by atoms with Crippen LogP contribution in [0.15, 0.2) is 47.4 Å². The predicted octanol–water partition coefficient (Wildman–Crippen LogP) is 4.30. The number of carbonyl (C=O) groups excluding carboxylic acids is 1. The van der Waals surface area contributed by atoms with Gasteiger partial charge in [-0.2, -0.15) is 4.79 Å². The van der Waals surface area contributed by atoms with Crippen LogP contribution in [0.2, 0.25) is 10.0 Å². The van der Waals surface area contributed by atoms with Gasteiger partial charge < -0.3 is 9.84 Å². The molecule has 0 bridgehead atoms. The van der Waals surface area contributed by atoms with Crippen LogP contribution in [0.3, 0.4) is 0 Å². The second-order valence-electron chi connectivity index (χ2n) is 7.61. The van der Waals surface area contributed by atoms with E-state index >= 15 is 0 Å². The first-order valence-electron chi connectivity index (χ1n) is 9.63. The molecule has 10 heteroatoms. The first kappa shape index (κ1) is 25.4.